The number of hydrogen-bond acceptors (Lipinski definition) is 11. The van der Waals surface area contributed by atoms with Crippen molar-refractivity contribution in [2.45, 2.75) is 91.9 Å². The molecule has 4 aromatic carbocycles. The van der Waals surface area contributed by atoms with E-state index in [-0.39, 0.29) is 38.2 Å². The van der Waals surface area contributed by atoms with E-state index in [1.807, 2.05) is 66.7 Å². The summed E-state index contributed by atoms with van der Waals surface area (Å²) in [6, 6.07) is 27.1. The van der Waals surface area contributed by atoms with E-state index in [2.05, 4.69) is 37.6 Å². The van der Waals surface area contributed by atoms with Gasteiger partial charge in [0.1, 0.15) is 17.2 Å². The third-order valence-electron chi connectivity index (χ3n) is 10.5. The first kappa shape index (κ1) is 55.6. The molecule has 0 fully saturated rings. The fraction of sp³-hybridized carbons (Fsp3) is 0.418. The maximum absolute atomic E-state index is 13.3. The molecule has 4 aromatic rings. The highest BCUT2D eigenvalue weighted by atomic mass is 16.5. The van der Waals surface area contributed by atoms with Gasteiger partial charge < -0.3 is 44.1 Å². The van der Waals surface area contributed by atoms with Crippen LogP contribution in [0.5, 0.6) is 17.2 Å². The summed E-state index contributed by atoms with van der Waals surface area (Å²) in [5, 5.41) is 6.79. The molecular formula is C55H74N4O9. The molecule has 2 amide bonds. The second kappa shape index (κ2) is 32.8. The molecule has 0 bridgehead atoms. The zero-order chi connectivity index (χ0) is 49.4. The van der Waals surface area contributed by atoms with Crippen LogP contribution in [0.25, 0.3) is 0 Å². The minimum absolute atomic E-state index is 0.116. The molecule has 0 saturated carbocycles. The van der Waals surface area contributed by atoms with Gasteiger partial charge in [0.25, 0.3) is 11.8 Å². The maximum atomic E-state index is 13.3. The second-order valence-corrected chi connectivity index (χ2v) is 15.7. The molecule has 0 unspecified atom stereocenters. The Morgan fingerprint density at radius 3 is 1.37 bits per heavy atom. The minimum Gasteiger partial charge on any atom is -0.497 e. The molecule has 13 nitrogen and oxygen atoms in total. The Morgan fingerprint density at radius 1 is 0.544 bits per heavy atom. The number of benzene rings is 4. The lowest BCUT2D eigenvalue weighted by Gasteiger charge is -2.25. The van der Waals surface area contributed by atoms with E-state index in [0.29, 0.717) is 52.8 Å². The van der Waals surface area contributed by atoms with Gasteiger partial charge in [0, 0.05) is 37.6 Å². The first-order chi connectivity index (χ1) is 33.1. The minimum atomic E-state index is -0.453. The summed E-state index contributed by atoms with van der Waals surface area (Å²) < 4.78 is 27.1. The van der Waals surface area contributed by atoms with E-state index in [4.69, 9.17) is 23.7 Å². The number of carbonyl (C=O) groups excluding carboxylic acids is 4. The number of esters is 2. The third kappa shape index (κ3) is 19.6. The van der Waals surface area contributed by atoms with Crippen LogP contribution < -0.4 is 34.6 Å². The lowest BCUT2D eigenvalue weighted by Crippen LogP contribution is -2.37. The molecule has 368 valence electrons. The van der Waals surface area contributed by atoms with E-state index in [0.717, 1.165) is 88.7 Å². The zero-order valence-corrected chi connectivity index (χ0v) is 41.0. The number of para-hydroxylation sites is 1. The number of unbranched alkanes of at least 4 members (excludes halogenated alkanes) is 6. The topological polar surface area (TPSA) is 145 Å². The summed E-state index contributed by atoms with van der Waals surface area (Å²) in [4.78, 5) is 55.2. The van der Waals surface area contributed by atoms with Crippen LogP contribution in [-0.4, -0.2) is 83.5 Å². The van der Waals surface area contributed by atoms with Crippen LogP contribution in [0.1, 0.15) is 113 Å². The van der Waals surface area contributed by atoms with E-state index >= 15 is 0 Å². The van der Waals surface area contributed by atoms with Crippen molar-refractivity contribution in [2.75, 3.05) is 80.1 Å². The highest BCUT2D eigenvalue weighted by molar-refractivity contribution is 6.05. The largest absolute Gasteiger partial charge is 0.497 e. The molecule has 13 heteroatoms. The van der Waals surface area contributed by atoms with Crippen molar-refractivity contribution in [3.8, 4) is 17.2 Å². The normalized spacial score (nSPS) is 10.4. The Bertz CT molecular complexity index is 2130. The number of amides is 2. The van der Waals surface area contributed by atoms with Crippen LogP contribution in [-0.2, 0) is 19.1 Å². The summed E-state index contributed by atoms with van der Waals surface area (Å²) in [5.74, 6) is 0.566. The SMILES string of the molecule is C=CCCCCNc1ccc(C(=O)OCC)c(N(CCCC)C(=O)COc2ccc(OC)cc2)c1.C=CCCCCNc1ccc(C(=O)OCC)c(N(CCCC)C(=O)COc2ccccc2)c1. The van der Waals surface area contributed by atoms with Crippen molar-refractivity contribution in [3.63, 3.8) is 0 Å². The molecule has 0 saturated heterocycles. The Hall–Kier alpha value is -6.76. The van der Waals surface area contributed by atoms with Crippen LogP contribution >= 0.6 is 0 Å². The van der Waals surface area contributed by atoms with Gasteiger partial charge in [-0.2, -0.15) is 0 Å². The fourth-order valence-electron chi connectivity index (χ4n) is 6.81. The Balaban J connectivity index is 0.000000361. The Labute approximate surface area is 404 Å². The Morgan fingerprint density at radius 2 is 0.971 bits per heavy atom. The van der Waals surface area contributed by atoms with Gasteiger partial charge in [-0.25, -0.2) is 9.59 Å². The number of hydrogen-bond donors (Lipinski definition) is 2. The van der Waals surface area contributed by atoms with Crippen LogP contribution in [0.15, 0.2) is 116 Å². The number of anilines is 4. The van der Waals surface area contributed by atoms with Crippen molar-refractivity contribution in [2.24, 2.45) is 0 Å². The molecule has 0 aliphatic heterocycles. The molecule has 2 N–H and O–H groups in total. The number of carbonyl (C=O) groups is 4. The second-order valence-electron chi connectivity index (χ2n) is 15.7. The number of methoxy groups -OCH3 is 1. The molecule has 0 aromatic heterocycles. The molecule has 0 heterocycles. The molecule has 68 heavy (non-hydrogen) atoms. The Kier molecular flexibility index (Phi) is 26.8. The third-order valence-corrected chi connectivity index (χ3v) is 10.5. The fourth-order valence-corrected chi connectivity index (χ4v) is 6.81. The van der Waals surface area contributed by atoms with Gasteiger partial charge >= 0.3 is 11.9 Å². The summed E-state index contributed by atoms with van der Waals surface area (Å²) in [6.07, 6.45) is 13.3. The predicted molar refractivity (Wildman–Crippen MR) is 275 cm³/mol. The lowest BCUT2D eigenvalue weighted by molar-refractivity contribution is -0.121. The van der Waals surface area contributed by atoms with Crippen LogP contribution in [0.3, 0.4) is 0 Å². The predicted octanol–water partition coefficient (Wildman–Crippen LogP) is 11.7. The molecule has 4 rings (SSSR count). The molecule has 0 aliphatic rings. The van der Waals surface area contributed by atoms with E-state index in [1.165, 1.54) is 0 Å². The molecule has 0 radical (unpaired) electrons. The van der Waals surface area contributed by atoms with E-state index in [1.54, 1.807) is 67.2 Å². The van der Waals surface area contributed by atoms with Gasteiger partial charge in [-0.1, -0.05) is 57.0 Å². The number of nitrogens with zero attached hydrogens (tertiary/aromatic N) is 2. The molecule has 0 spiro atoms. The van der Waals surface area contributed by atoms with Crippen molar-refractivity contribution in [1.82, 2.24) is 0 Å². The summed E-state index contributed by atoms with van der Waals surface area (Å²) >= 11 is 0. The van der Waals surface area contributed by atoms with Crippen molar-refractivity contribution < 1.29 is 42.9 Å². The van der Waals surface area contributed by atoms with E-state index in [9.17, 15) is 19.2 Å². The summed E-state index contributed by atoms with van der Waals surface area (Å²) in [6.45, 7) is 18.0. The van der Waals surface area contributed by atoms with Gasteiger partial charge in [-0.05, 0) is 138 Å². The average Bonchev–Trinajstić information content (AvgIpc) is 3.36. The lowest BCUT2D eigenvalue weighted by atomic mass is 10.1. The van der Waals surface area contributed by atoms with Crippen molar-refractivity contribution in [1.29, 1.82) is 0 Å². The zero-order valence-electron chi connectivity index (χ0n) is 41.0. The van der Waals surface area contributed by atoms with Crippen LogP contribution in [0, 0.1) is 0 Å². The molecular weight excluding hydrogens is 861 g/mol. The first-order valence-electron chi connectivity index (χ1n) is 24.0. The standard InChI is InChI=1S/C28H38N2O5.C27H36N2O4/c1-5-8-10-11-18-29-22-12-17-25(28(32)34-7-3)26(20-22)30(19-9-6-2)27(31)21-35-24-15-13-23(33-4)14-16-24;1-4-7-9-13-18-28-22-16-17-24(27(31)32-6-3)25(20-22)29(19-8-5-2)26(30)21-33-23-14-11-10-12-15-23/h5,12-17,20,29H,1,6-11,18-19,21H2,2-4H3;4,10-12,14-17,20,28H,1,5-9,13,18-19,21H2,2-3H3. The van der Waals surface area contributed by atoms with Gasteiger partial charge in [-0.15, -0.1) is 13.2 Å². The van der Waals surface area contributed by atoms with Crippen LogP contribution in [0.4, 0.5) is 22.7 Å². The van der Waals surface area contributed by atoms with Crippen molar-refractivity contribution >= 4 is 46.5 Å². The van der Waals surface area contributed by atoms with Gasteiger partial charge in [0.15, 0.2) is 13.2 Å². The smallest absolute Gasteiger partial charge is 0.340 e. The quantitative estimate of drug-likeness (QED) is 0.0282. The molecule has 0 aliphatic carbocycles. The number of rotatable bonds is 31. The molecule has 0 atom stereocenters. The summed E-state index contributed by atoms with van der Waals surface area (Å²) in [7, 11) is 1.59. The van der Waals surface area contributed by atoms with Gasteiger partial charge in [-0.3, -0.25) is 9.59 Å². The average molecular weight is 935 g/mol. The monoisotopic (exact) mass is 935 g/mol. The maximum Gasteiger partial charge on any atom is 0.340 e. The highest BCUT2D eigenvalue weighted by Crippen LogP contribution is 2.29. The highest BCUT2D eigenvalue weighted by Gasteiger charge is 2.25. The number of allylic oxidation sites excluding steroid dienone is 2. The van der Waals surface area contributed by atoms with Gasteiger partial charge in [0.2, 0.25) is 0 Å². The number of ether oxygens (including phenoxy) is 5. The van der Waals surface area contributed by atoms with Gasteiger partial charge in [0.05, 0.1) is 42.8 Å². The first-order valence-corrected chi connectivity index (χ1v) is 24.0. The van der Waals surface area contributed by atoms with Crippen LogP contribution in [0.2, 0.25) is 0 Å². The van der Waals surface area contributed by atoms with Crippen molar-refractivity contribution in [3.05, 3.63) is 127 Å². The summed E-state index contributed by atoms with van der Waals surface area (Å²) in [5.41, 5.74) is 3.50. The number of nitrogens with one attached hydrogen (secondary N) is 2. The van der Waals surface area contributed by atoms with E-state index < -0.39 is 11.9 Å².